The van der Waals surface area contributed by atoms with Crippen LogP contribution in [-0.2, 0) is 43.3 Å². The first kappa shape index (κ1) is 114. The van der Waals surface area contributed by atoms with E-state index in [0.717, 1.165) is 99.0 Å². The molecule has 0 N–H and O–H groups in total. The van der Waals surface area contributed by atoms with E-state index in [2.05, 4.69) is 337 Å². The van der Waals surface area contributed by atoms with Crippen LogP contribution in [0.2, 0.25) is 0 Å². The SMILES string of the molecule is CC.CC.CC.CC.CC.CC.CC.CC.CC(C)(C)c1ccc2cncnc2c1.CC(C)(C)c1ccc2nccnc2c1.CC(C)(C)c1ccc2ncncc2c1.CC(C)(C)c1cccc2ccnnc12.CC(C)(C)c1cccc2nccnc12.CC(C)(C)c1cccc2ncncc12.CC(C)(C)c1cnc2ccccc2n1.CC(C)(C)c1ncnc2ccccc12. The van der Waals surface area contributed by atoms with Crippen molar-refractivity contribution in [2.45, 2.75) is 320 Å². The molecule has 0 spiro atoms. The maximum absolute atomic E-state index is 4.58. The number of hydrogen-bond donors (Lipinski definition) is 0. The molecule has 0 saturated heterocycles. The van der Waals surface area contributed by atoms with E-state index in [9.17, 15) is 0 Å². The van der Waals surface area contributed by atoms with E-state index in [1.165, 1.54) is 33.4 Å². The van der Waals surface area contributed by atoms with Crippen molar-refractivity contribution in [1.82, 2.24) is 80.0 Å². The highest BCUT2D eigenvalue weighted by Crippen LogP contribution is 2.33. The fourth-order valence-electron chi connectivity index (χ4n) is 12.1. The lowest BCUT2D eigenvalue weighted by Gasteiger charge is -2.20. The summed E-state index contributed by atoms with van der Waals surface area (Å²) in [4.78, 5) is 59.6. The first-order chi connectivity index (χ1) is 60.6. The molecule has 16 aromatic rings. The van der Waals surface area contributed by atoms with Crippen molar-refractivity contribution in [2.75, 3.05) is 0 Å². The molecule has 0 amide bonds. The number of fused-ring (bicyclic) bond motifs is 8. The van der Waals surface area contributed by atoms with Gasteiger partial charge in [0, 0.05) is 87.3 Å². The van der Waals surface area contributed by atoms with Crippen LogP contribution in [0.3, 0.4) is 0 Å². The summed E-state index contributed by atoms with van der Waals surface area (Å²) in [6, 6.07) is 55.7. The zero-order valence-electron chi connectivity index (χ0n) is 86.2. The van der Waals surface area contributed by atoms with Crippen molar-refractivity contribution in [3.63, 3.8) is 0 Å². The second kappa shape index (κ2) is 55.9. The van der Waals surface area contributed by atoms with Gasteiger partial charge in [-0.05, 0) is 133 Å². The molecule has 0 fully saturated rings. The molecule has 0 aliphatic rings. The van der Waals surface area contributed by atoms with E-state index >= 15 is 0 Å². The van der Waals surface area contributed by atoms with Crippen LogP contribution < -0.4 is 0 Å². The van der Waals surface area contributed by atoms with Gasteiger partial charge in [-0.3, -0.25) is 24.9 Å². The van der Waals surface area contributed by atoms with E-state index in [4.69, 9.17) is 0 Å². The summed E-state index contributed by atoms with van der Waals surface area (Å²) < 4.78 is 0. The quantitative estimate of drug-likeness (QED) is 0.138. The smallest absolute Gasteiger partial charge is 0.116 e. The largest absolute Gasteiger partial charge is 0.253 e. The molecule has 0 saturated carbocycles. The summed E-state index contributed by atoms with van der Waals surface area (Å²) in [5.41, 5.74) is 21.9. The highest BCUT2D eigenvalue weighted by Gasteiger charge is 2.23. The van der Waals surface area contributed by atoms with Crippen molar-refractivity contribution >= 4 is 87.6 Å². The standard InChI is InChI=1S/8C12H14N2.8C2H6/c1-12(2,3)10-4-5-11-9(6-10)7-13-8-14-11;1-12(2,3)10-5-4-9-7-13-8-14-11(9)6-10;1-12(2,3)9-4-5-10-11(8-9)14-7-6-13-10;1-12(2,3)10-5-4-6-11-9(10)7-13-8-14-11;1-12(2,3)9-5-4-6-10-11(9)14-8-7-13-10;1-12(2,3)10-6-4-5-9-7-8-13-14-11(9)10;1-12(2,3)11-9-6-4-5-7-10(9)13-8-14-11;1-12(2,3)11-8-13-9-6-4-5-7-10(9)14-11;8*1-2/h8*4-8H,1-3H3;8*1-2H3. The highest BCUT2D eigenvalue weighted by molar-refractivity contribution is 5.85. The van der Waals surface area contributed by atoms with E-state index in [1.807, 2.05) is 208 Å². The zero-order chi connectivity index (χ0) is 97.5. The van der Waals surface area contributed by atoms with Crippen molar-refractivity contribution < 1.29 is 0 Å². The van der Waals surface area contributed by atoms with Gasteiger partial charge in [0.2, 0.25) is 0 Å². The van der Waals surface area contributed by atoms with Gasteiger partial charge in [-0.2, -0.15) is 10.2 Å². The molecule has 0 aliphatic heterocycles. The van der Waals surface area contributed by atoms with Crippen molar-refractivity contribution in [1.29, 1.82) is 0 Å². The molecule has 128 heavy (non-hydrogen) atoms. The van der Waals surface area contributed by atoms with Crippen LogP contribution >= 0.6 is 0 Å². The Morgan fingerprint density at radius 3 is 1.15 bits per heavy atom. The van der Waals surface area contributed by atoms with Gasteiger partial charge in [0.05, 0.1) is 78.3 Å². The lowest BCUT2D eigenvalue weighted by Crippen LogP contribution is -2.14. The Hall–Kier alpha value is -11.5. The number of rotatable bonds is 0. The summed E-state index contributed by atoms with van der Waals surface area (Å²) >= 11 is 0. The summed E-state index contributed by atoms with van der Waals surface area (Å²) in [6.45, 7) is 84.5. The second-order valence-corrected chi connectivity index (χ2v) is 36.1. The predicted octanol–water partition coefficient (Wildman–Crippen LogP) is 31.6. The van der Waals surface area contributed by atoms with Crippen molar-refractivity contribution in [3.8, 4) is 0 Å². The van der Waals surface area contributed by atoms with E-state index in [1.54, 1.807) is 56.3 Å². The molecule has 16 heteroatoms. The third kappa shape index (κ3) is 36.7. The third-order valence-electron chi connectivity index (χ3n) is 18.6. The van der Waals surface area contributed by atoms with Crippen LogP contribution in [0.1, 0.15) is 322 Å². The van der Waals surface area contributed by atoms with Crippen LogP contribution in [0.4, 0.5) is 0 Å². The minimum absolute atomic E-state index is 0.0665. The number of para-hydroxylation sites is 4. The summed E-state index contributed by atoms with van der Waals surface area (Å²) in [7, 11) is 0. The Labute approximate surface area is 772 Å². The van der Waals surface area contributed by atoms with E-state index < -0.39 is 0 Å². The van der Waals surface area contributed by atoms with Gasteiger partial charge in [0.25, 0.3) is 0 Å². The Bertz CT molecular complexity index is 5030. The van der Waals surface area contributed by atoms with Crippen LogP contribution in [0.5, 0.6) is 0 Å². The molecule has 8 aromatic heterocycles. The maximum Gasteiger partial charge on any atom is 0.116 e. The molecule has 0 unspecified atom stereocenters. The Morgan fingerprint density at radius 1 is 0.211 bits per heavy atom. The molecule has 8 aromatic carbocycles. The van der Waals surface area contributed by atoms with E-state index in [-0.39, 0.29) is 43.3 Å². The first-order valence-corrected chi connectivity index (χ1v) is 46.3. The molecule has 8 heterocycles. The van der Waals surface area contributed by atoms with Gasteiger partial charge in [-0.15, -0.1) is 0 Å². The highest BCUT2D eigenvalue weighted by atomic mass is 15.1. The molecule has 16 nitrogen and oxygen atoms in total. The second-order valence-electron chi connectivity index (χ2n) is 36.1. The van der Waals surface area contributed by atoms with Gasteiger partial charge >= 0.3 is 0 Å². The fraction of sp³-hybridized carbons (Fsp3) is 0.429. The predicted molar refractivity (Wildman–Crippen MR) is 557 cm³/mol. The number of nitrogens with zero attached hydrogens (tertiary/aromatic N) is 16. The molecule has 0 radical (unpaired) electrons. The van der Waals surface area contributed by atoms with Gasteiger partial charge in [-0.25, -0.2) is 44.9 Å². The monoisotopic (exact) mass is 1730 g/mol. The number of hydrogen-bond acceptors (Lipinski definition) is 16. The molecule has 16 rings (SSSR count). The Kier molecular flexibility index (Phi) is 50.0. The lowest BCUT2D eigenvalue weighted by atomic mass is 9.85. The number of benzene rings is 8. The van der Waals surface area contributed by atoms with Gasteiger partial charge < -0.3 is 0 Å². The van der Waals surface area contributed by atoms with Crippen LogP contribution in [0.25, 0.3) is 87.6 Å². The number of aromatic nitrogens is 16. The zero-order valence-corrected chi connectivity index (χ0v) is 86.2. The van der Waals surface area contributed by atoms with Crippen LogP contribution in [0, 0.1) is 0 Å². The lowest BCUT2D eigenvalue weighted by molar-refractivity contribution is 0.568. The summed E-state index contributed by atoms with van der Waals surface area (Å²) in [5.74, 6) is 0. The molecule has 688 valence electrons. The Balaban J connectivity index is 0.000000714. The summed E-state index contributed by atoms with van der Waals surface area (Å²) in [5, 5.41) is 13.8. The molecule has 0 aliphatic carbocycles. The van der Waals surface area contributed by atoms with Gasteiger partial charge in [0.15, 0.2) is 0 Å². The molecular weight excluding hydrogens is 1570 g/mol. The average molecular weight is 1730 g/mol. The van der Waals surface area contributed by atoms with E-state index in [0.29, 0.717) is 0 Å². The van der Waals surface area contributed by atoms with Gasteiger partial charge in [-0.1, -0.05) is 374 Å². The normalized spacial score (nSPS) is 10.8. The molecule has 0 atom stereocenters. The average Bonchev–Trinajstić information content (AvgIpc) is 0.796. The topological polar surface area (TPSA) is 206 Å². The minimum Gasteiger partial charge on any atom is -0.253 e. The van der Waals surface area contributed by atoms with Crippen LogP contribution in [-0.4, -0.2) is 80.0 Å². The molecular formula is C112H160N16. The third-order valence-corrected chi connectivity index (χ3v) is 18.6. The fourth-order valence-corrected chi connectivity index (χ4v) is 12.1. The Morgan fingerprint density at radius 2 is 0.609 bits per heavy atom. The van der Waals surface area contributed by atoms with Crippen molar-refractivity contribution in [3.05, 3.63) is 290 Å². The van der Waals surface area contributed by atoms with Crippen molar-refractivity contribution in [2.24, 2.45) is 0 Å². The van der Waals surface area contributed by atoms with Crippen LogP contribution in [0.15, 0.2) is 245 Å². The first-order valence-electron chi connectivity index (χ1n) is 46.3. The van der Waals surface area contributed by atoms with Gasteiger partial charge in [0.1, 0.15) is 25.3 Å². The minimum atomic E-state index is 0.0665. The maximum atomic E-state index is 4.58. The molecule has 0 bridgehead atoms. The summed E-state index contributed by atoms with van der Waals surface area (Å²) in [6.07, 6.45) is 22.5.